The van der Waals surface area contributed by atoms with Gasteiger partial charge in [-0.25, -0.2) is 4.79 Å². The van der Waals surface area contributed by atoms with Crippen LogP contribution in [0.25, 0.3) is 0 Å². The number of hydrogen-bond donors (Lipinski definition) is 2. The van der Waals surface area contributed by atoms with Gasteiger partial charge in [0.15, 0.2) is 0 Å². The van der Waals surface area contributed by atoms with Gasteiger partial charge in [-0.05, 0) is 28.7 Å². The Bertz CT molecular complexity index is 361. The van der Waals surface area contributed by atoms with Crippen molar-refractivity contribution in [2.45, 2.75) is 6.92 Å². The lowest BCUT2D eigenvalue weighted by molar-refractivity contribution is -0.114. The number of amides is 1. The predicted molar refractivity (Wildman–Crippen MR) is 58.3 cm³/mol. The van der Waals surface area contributed by atoms with E-state index in [1.54, 1.807) is 6.07 Å². The highest BCUT2D eigenvalue weighted by Crippen LogP contribution is 2.28. The minimum atomic E-state index is -1.02. The van der Waals surface area contributed by atoms with Gasteiger partial charge in [-0.15, -0.1) is 11.3 Å². The zero-order valence-corrected chi connectivity index (χ0v) is 9.60. The minimum absolute atomic E-state index is 0.166. The van der Waals surface area contributed by atoms with E-state index in [0.29, 0.717) is 5.69 Å². The number of carbonyl (C=O) groups is 2. The first-order valence-corrected chi connectivity index (χ1v) is 5.20. The smallest absolute Gasteiger partial charge is 0.348 e. The summed E-state index contributed by atoms with van der Waals surface area (Å²) in [4.78, 5) is 21.5. The van der Waals surface area contributed by atoms with Crippen molar-refractivity contribution in [1.29, 1.82) is 0 Å². The second-order valence-electron chi connectivity index (χ2n) is 2.28. The summed E-state index contributed by atoms with van der Waals surface area (Å²) in [5.74, 6) is -1.28. The highest BCUT2D eigenvalue weighted by Gasteiger charge is 2.14. The van der Waals surface area contributed by atoms with Crippen LogP contribution < -0.4 is 5.32 Å². The Morgan fingerprint density at radius 2 is 2.23 bits per heavy atom. The van der Waals surface area contributed by atoms with Crippen LogP contribution in [0.4, 0.5) is 5.69 Å². The highest BCUT2D eigenvalue weighted by atomic mass is 127. The van der Waals surface area contributed by atoms with Crippen molar-refractivity contribution in [2.24, 2.45) is 0 Å². The fraction of sp³-hybridized carbons (Fsp3) is 0.143. The minimum Gasteiger partial charge on any atom is -0.477 e. The molecule has 1 amide bonds. The molecule has 4 nitrogen and oxygen atoms in total. The van der Waals surface area contributed by atoms with Crippen LogP contribution in [0.15, 0.2) is 6.07 Å². The lowest BCUT2D eigenvalue weighted by Crippen LogP contribution is -2.08. The molecule has 2 N–H and O–H groups in total. The van der Waals surface area contributed by atoms with Gasteiger partial charge in [0.25, 0.3) is 0 Å². The lowest BCUT2D eigenvalue weighted by atomic mass is 10.4. The molecule has 0 unspecified atom stereocenters. The van der Waals surface area contributed by atoms with Gasteiger partial charge in [-0.3, -0.25) is 4.79 Å². The number of carboxylic acids is 1. The second-order valence-corrected chi connectivity index (χ2v) is 5.23. The predicted octanol–water partition coefficient (Wildman–Crippen LogP) is 2.01. The number of nitrogens with one attached hydrogen (secondary N) is 1. The van der Waals surface area contributed by atoms with E-state index in [4.69, 9.17) is 5.11 Å². The first kappa shape index (κ1) is 10.5. The van der Waals surface area contributed by atoms with E-state index in [-0.39, 0.29) is 10.8 Å². The summed E-state index contributed by atoms with van der Waals surface area (Å²) in [7, 11) is 0. The maximum Gasteiger partial charge on any atom is 0.348 e. The molecule has 0 radical (unpaired) electrons. The van der Waals surface area contributed by atoms with E-state index in [2.05, 4.69) is 5.32 Å². The first-order chi connectivity index (χ1) is 6.00. The van der Waals surface area contributed by atoms with E-state index < -0.39 is 5.97 Å². The largest absolute Gasteiger partial charge is 0.477 e. The van der Waals surface area contributed by atoms with E-state index >= 15 is 0 Å². The van der Waals surface area contributed by atoms with Crippen LogP contribution in [0, 0.1) is 2.88 Å². The van der Waals surface area contributed by atoms with Gasteiger partial charge in [-0.2, -0.15) is 0 Å². The molecule has 0 saturated heterocycles. The average Bonchev–Trinajstić information content (AvgIpc) is 2.29. The fourth-order valence-electron chi connectivity index (χ4n) is 0.802. The van der Waals surface area contributed by atoms with Crippen molar-refractivity contribution in [1.82, 2.24) is 0 Å². The third-order valence-electron chi connectivity index (χ3n) is 1.21. The van der Waals surface area contributed by atoms with Crippen molar-refractivity contribution >= 4 is 51.5 Å². The summed E-state index contributed by atoms with van der Waals surface area (Å²) < 4.78 is 0.832. The fourth-order valence-corrected chi connectivity index (χ4v) is 2.45. The van der Waals surface area contributed by atoms with Crippen LogP contribution in [0.5, 0.6) is 0 Å². The molecule has 0 aliphatic rings. The molecule has 0 spiro atoms. The molecule has 0 saturated carbocycles. The summed E-state index contributed by atoms with van der Waals surface area (Å²) in [6.07, 6.45) is 0. The number of halogens is 1. The number of rotatable bonds is 2. The number of carboxylic acid groups (broad SMARTS) is 1. The zero-order valence-electron chi connectivity index (χ0n) is 6.63. The highest BCUT2D eigenvalue weighted by molar-refractivity contribution is 14.1. The summed E-state index contributed by atoms with van der Waals surface area (Å²) in [6.45, 7) is 1.34. The van der Waals surface area contributed by atoms with Gasteiger partial charge in [0, 0.05) is 6.92 Å². The van der Waals surface area contributed by atoms with Crippen LogP contribution >= 0.6 is 33.9 Å². The van der Waals surface area contributed by atoms with Gasteiger partial charge in [0.05, 0.1) is 8.57 Å². The van der Waals surface area contributed by atoms with E-state index in [1.807, 2.05) is 22.6 Å². The van der Waals surface area contributed by atoms with E-state index in [9.17, 15) is 9.59 Å². The first-order valence-electron chi connectivity index (χ1n) is 3.31. The van der Waals surface area contributed by atoms with Crippen molar-refractivity contribution in [3.8, 4) is 0 Å². The van der Waals surface area contributed by atoms with Crippen LogP contribution in [-0.4, -0.2) is 17.0 Å². The Labute approximate surface area is 92.1 Å². The molecule has 1 rings (SSSR count). The lowest BCUT2D eigenvalue weighted by Gasteiger charge is -1.98. The SMILES string of the molecule is CC(=O)Nc1cc(I)sc1C(=O)O. The van der Waals surface area contributed by atoms with Crippen LogP contribution in [0.1, 0.15) is 16.6 Å². The van der Waals surface area contributed by atoms with Crippen LogP contribution in [0.3, 0.4) is 0 Å². The normalized spacial score (nSPS) is 9.69. The molecular formula is C7H6INO3S. The van der Waals surface area contributed by atoms with Crippen LogP contribution in [-0.2, 0) is 4.79 Å². The molecule has 0 aromatic carbocycles. The maximum absolute atomic E-state index is 10.7. The maximum atomic E-state index is 10.7. The molecule has 0 aliphatic heterocycles. The third-order valence-corrected chi connectivity index (χ3v) is 3.09. The van der Waals surface area contributed by atoms with Crippen molar-refractivity contribution in [2.75, 3.05) is 5.32 Å². The molecule has 0 bridgehead atoms. The Kier molecular flexibility index (Phi) is 3.26. The van der Waals surface area contributed by atoms with Crippen molar-refractivity contribution in [3.63, 3.8) is 0 Å². The number of aromatic carboxylic acids is 1. The molecular weight excluding hydrogens is 305 g/mol. The van der Waals surface area contributed by atoms with Crippen molar-refractivity contribution in [3.05, 3.63) is 13.8 Å². The van der Waals surface area contributed by atoms with Gasteiger partial charge in [0.1, 0.15) is 4.88 Å². The van der Waals surface area contributed by atoms with Gasteiger partial charge in [-0.1, -0.05) is 0 Å². The Morgan fingerprint density at radius 1 is 1.62 bits per heavy atom. The molecule has 1 aromatic rings. The Morgan fingerprint density at radius 3 is 2.69 bits per heavy atom. The molecule has 0 atom stereocenters. The third kappa shape index (κ3) is 2.66. The standard InChI is InChI=1S/C7H6INO3S/c1-3(10)9-4-2-5(8)13-6(4)7(11)12/h2H,1H3,(H,9,10)(H,11,12). The molecule has 6 heteroatoms. The van der Waals surface area contributed by atoms with E-state index in [0.717, 1.165) is 14.2 Å². The summed E-state index contributed by atoms with van der Waals surface area (Å²) in [6, 6.07) is 1.63. The number of hydrogen-bond acceptors (Lipinski definition) is 3. The summed E-state index contributed by atoms with van der Waals surface area (Å²) >= 11 is 3.15. The van der Waals surface area contributed by atoms with Crippen molar-refractivity contribution < 1.29 is 14.7 Å². The number of anilines is 1. The number of thiophene rings is 1. The second kappa shape index (κ2) is 4.05. The van der Waals surface area contributed by atoms with Gasteiger partial charge in [0.2, 0.25) is 5.91 Å². The van der Waals surface area contributed by atoms with Gasteiger partial charge < -0.3 is 10.4 Å². The molecule has 1 aromatic heterocycles. The topological polar surface area (TPSA) is 66.4 Å². The zero-order chi connectivity index (χ0) is 10.0. The van der Waals surface area contributed by atoms with Crippen LogP contribution in [0.2, 0.25) is 0 Å². The number of carbonyl (C=O) groups excluding carboxylic acids is 1. The van der Waals surface area contributed by atoms with Gasteiger partial charge >= 0.3 is 5.97 Å². The molecule has 0 aliphatic carbocycles. The summed E-state index contributed by atoms with van der Waals surface area (Å²) in [5, 5.41) is 11.2. The molecule has 13 heavy (non-hydrogen) atoms. The monoisotopic (exact) mass is 311 g/mol. The molecule has 70 valence electrons. The molecule has 0 fully saturated rings. The molecule has 1 heterocycles. The summed E-state index contributed by atoms with van der Waals surface area (Å²) in [5.41, 5.74) is 0.370. The van der Waals surface area contributed by atoms with E-state index in [1.165, 1.54) is 6.92 Å². The quantitative estimate of drug-likeness (QED) is 0.821. The Balaban J connectivity index is 3.04. The Hall–Kier alpha value is -0.630. The average molecular weight is 311 g/mol.